The van der Waals surface area contributed by atoms with Crippen LogP contribution in [-0.2, 0) is 4.79 Å². The second-order valence-corrected chi connectivity index (χ2v) is 7.63. The molecule has 0 aliphatic rings. The van der Waals surface area contributed by atoms with Crippen molar-refractivity contribution in [2.24, 2.45) is 0 Å². The highest BCUT2D eigenvalue weighted by molar-refractivity contribution is 7.98. The van der Waals surface area contributed by atoms with E-state index in [1.165, 1.54) is 48.2 Å². The number of carbonyl (C=O) groups excluding carboxylic acids is 3. The van der Waals surface area contributed by atoms with E-state index < -0.39 is 34.5 Å². The van der Waals surface area contributed by atoms with Gasteiger partial charge in [0.25, 0.3) is 17.5 Å². The Balaban J connectivity index is 1.91. The average Bonchev–Trinajstić information content (AvgIpc) is 2.79. The number of thioether (sulfide) groups is 1. The SMILES string of the molecule is CSCCC(NC(=O)c1cccc([N+](=O)[O-])c1)C(=O)NCCNC(=O)c1ccccc1F. The van der Waals surface area contributed by atoms with Crippen LogP contribution in [0.15, 0.2) is 48.5 Å². The molecule has 0 fully saturated rings. The Hall–Kier alpha value is -3.47. The zero-order valence-electron chi connectivity index (χ0n) is 17.3. The lowest BCUT2D eigenvalue weighted by Gasteiger charge is -2.18. The molecule has 2 aromatic rings. The third-order valence-corrected chi connectivity index (χ3v) is 5.02. The number of benzene rings is 2. The molecule has 0 bridgehead atoms. The molecule has 0 heterocycles. The summed E-state index contributed by atoms with van der Waals surface area (Å²) in [5.41, 5.74) is -0.257. The van der Waals surface area contributed by atoms with Crippen molar-refractivity contribution in [3.05, 3.63) is 75.6 Å². The van der Waals surface area contributed by atoms with Gasteiger partial charge in [-0.3, -0.25) is 24.5 Å². The molecule has 0 aliphatic carbocycles. The molecule has 1 unspecified atom stereocenters. The van der Waals surface area contributed by atoms with Crippen molar-refractivity contribution in [3.63, 3.8) is 0 Å². The van der Waals surface area contributed by atoms with E-state index in [9.17, 15) is 28.9 Å². The van der Waals surface area contributed by atoms with Crippen molar-refractivity contribution in [2.45, 2.75) is 12.5 Å². The molecule has 0 radical (unpaired) electrons. The van der Waals surface area contributed by atoms with Crippen molar-refractivity contribution in [3.8, 4) is 0 Å². The van der Waals surface area contributed by atoms with Gasteiger partial charge in [-0.25, -0.2) is 4.39 Å². The fourth-order valence-electron chi connectivity index (χ4n) is 2.73. The van der Waals surface area contributed by atoms with Gasteiger partial charge in [-0.05, 0) is 36.6 Å². The summed E-state index contributed by atoms with van der Waals surface area (Å²) in [7, 11) is 0. The zero-order chi connectivity index (χ0) is 23.5. The number of hydrogen-bond donors (Lipinski definition) is 3. The lowest BCUT2D eigenvalue weighted by Crippen LogP contribution is -2.48. The Kier molecular flexibility index (Phi) is 9.61. The summed E-state index contributed by atoms with van der Waals surface area (Å²) >= 11 is 1.49. The first-order chi connectivity index (χ1) is 15.3. The smallest absolute Gasteiger partial charge is 0.270 e. The highest BCUT2D eigenvalue weighted by Crippen LogP contribution is 2.13. The molecule has 0 aromatic heterocycles. The molecule has 170 valence electrons. The van der Waals surface area contributed by atoms with Gasteiger partial charge in [0.1, 0.15) is 11.9 Å². The Morgan fingerprint density at radius 3 is 2.47 bits per heavy atom. The number of nitrogens with one attached hydrogen (secondary N) is 3. The maximum absolute atomic E-state index is 13.6. The summed E-state index contributed by atoms with van der Waals surface area (Å²) < 4.78 is 13.6. The van der Waals surface area contributed by atoms with Gasteiger partial charge in [-0.1, -0.05) is 18.2 Å². The number of nitrogens with zero attached hydrogens (tertiary/aromatic N) is 1. The third kappa shape index (κ3) is 7.34. The van der Waals surface area contributed by atoms with Crippen LogP contribution in [0.4, 0.5) is 10.1 Å². The highest BCUT2D eigenvalue weighted by Gasteiger charge is 2.22. The zero-order valence-corrected chi connectivity index (χ0v) is 18.1. The molecule has 0 spiro atoms. The van der Waals surface area contributed by atoms with Gasteiger partial charge in [0.05, 0.1) is 10.5 Å². The van der Waals surface area contributed by atoms with Crippen LogP contribution in [0, 0.1) is 15.9 Å². The van der Waals surface area contributed by atoms with E-state index >= 15 is 0 Å². The van der Waals surface area contributed by atoms with Gasteiger partial charge >= 0.3 is 0 Å². The second kappa shape index (κ2) is 12.4. The molecular formula is C21H23FN4O5S. The number of nitro groups is 1. The fraction of sp³-hybridized carbons (Fsp3) is 0.286. The lowest BCUT2D eigenvalue weighted by atomic mass is 10.1. The van der Waals surface area contributed by atoms with E-state index in [1.807, 2.05) is 6.26 Å². The quantitative estimate of drug-likeness (QED) is 0.266. The lowest BCUT2D eigenvalue weighted by molar-refractivity contribution is -0.384. The van der Waals surface area contributed by atoms with Crippen LogP contribution in [0.25, 0.3) is 0 Å². The van der Waals surface area contributed by atoms with Crippen LogP contribution in [0.3, 0.4) is 0 Å². The fourth-order valence-corrected chi connectivity index (χ4v) is 3.20. The molecule has 9 nitrogen and oxygen atoms in total. The Morgan fingerprint density at radius 2 is 1.78 bits per heavy atom. The van der Waals surface area contributed by atoms with Crippen molar-refractivity contribution in [2.75, 3.05) is 25.1 Å². The van der Waals surface area contributed by atoms with Crippen LogP contribution in [0.5, 0.6) is 0 Å². The standard InChI is InChI=1S/C21H23FN4O5S/c1-32-12-9-18(25-19(27)14-5-4-6-15(13-14)26(30)31)21(29)24-11-10-23-20(28)16-7-2-3-8-17(16)22/h2-8,13,18H,9-12H2,1H3,(H,23,28)(H,24,29)(H,25,27). The maximum atomic E-state index is 13.6. The first-order valence-corrected chi connectivity index (χ1v) is 11.1. The number of halogens is 1. The minimum Gasteiger partial charge on any atom is -0.353 e. The third-order valence-electron chi connectivity index (χ3n) is 4.38. The van der Waals surface area contributed by atoms with Crippen LogP contribution >= 0.6 is 11.8 Å². The molecular weight excluding hydrogens is 439 g/mol. The van der Waals surface area contributed by atoms with Gasteiger partial charge in [0, 0.05) is 30.8 Å². The van der Waals surface area contributed by atoms with E-state index in [2.05, 4.69) is 16.0 Å². The summed E-state index contributed by atoms with van der Waals surface area (Å²) in [5.74, 6) is -1.72. The van der Waals surface area contributed by atoms with Crippen LogP contribution < -0.4 is 16.0 Å². The predicted octanol–water partition coefficient (Wildman–Crippen LogP) is 2.13. The molecule has 3 amide bonds. The number of nitro benzene ring substituents is 1. The number of hydrogen-bond acceptors (Lipinski definition) is 6. The normalized spacial score (nSPS) is 11.3. The highest BCUT2D eigenvalue weighted by atomic mass is 32.2. The number of rotatable bonds is 11. The van der Waals surface area contributed by atoms with Crippen LogP contribution in [0.2, 0.25) is 0 Å². The minimum atomic E-state index is -0.864. The summed E-state index contributed by atoms with van der Waals surface area (Å²) in [6.07, 6.45) is 2.20. The number of carbonyl (C=O) groups is 3. The van der Waals surface area contributed by atoms with E-state index in [4.69, 9.17) is 0 Å². The topological polar surface area (TPSA) is 130 Å². The van der Waals surface area contributed by atoms with Crippen molar-refractivity contribution < 1.29 is 23.7 Å². The van der Waals surface area contributed by atoms with Crippen molar-refractivity contribution in [1.29, 1.82) is 0 Å². The molecule has 11 heteroatoms. The monoisotopic (exact) mass is 462 g/mol. The number of amides is 3. The molecule has 0 saturated heterocycles. The van der Waals surface area contributed by atoms with E-state index in [1.54, 1.807) is 6.07 Å². The predicted molar refractivity (Wildman–Crippen MR) is 119 cm³/mol. The van der Waals surface area contributed by atoms with Gasteiger partial charge in [-0.15, -0.1) is 0 Å². The van der Waals surface area contributed by atoms with Gasteiger partial charge in [0.15, 0.2) is 0 Å². The average molecular weight is 463 g/mol. The van der Waals surface area contributed by atoms with Crippen LogP contribution in [0.1, 0.15) is 27.1 Å². The van der Waals surface area contributed by atoms with E-state index in [-0.39, 0.29) is 29.9 Å². The Labute approximate surface area is 188 Å². The first-order valence-electron chi connectivity index (χ1n) is 9.68. The molecule has 32 heavy (non-hydrogen) atoms. The van der Waals surface area contributed by atoms with Gasteiger partial charge < -0.3 is 16.0 Å². The minimum absolute atomic E-state index is 0.0625. The van der Waals surface area contributed by atoms with E-state index in [0.717, 1.165) is 6.07 Å². The Bertz CT molecular complexity index is 988. The summed E-state index contributed by atoms with van der Waals surface area (Å²) in [6.45, 7) is 0.133. The molecule has 2 rings (SSSR count). The summed E-state index contributed by atoms with van der Waals surface area (Å²) in [6, 6.07) is 9.90. The summed E-state index contributed by atoms with van der Waals surface area (Å²) in [5, 5.41) is 18.6. The molecule has 0 aliphatic heterocycles. The second-order valence-electron chi connectivity index (χ2n) is 6.64. The number of non-ortho nitro benzene ring substituents is 1. The molecule has 3 N–H and O–H groups in total. The first kappa shape index (κ1) is 24.8. The van der Waals surface area contributed by atoms with Crippen molar-refractivity contribution >= 4 is 35.2 Å². The largest absolute Gasteiger partial charge is 0.353 e. The van der Waals surface area contributed by atoms with Crippen molar-refractivity contribution in [1.82, 2.24) is 16.0 Å². The Morgan fingerprint density at radius 1 is 1.06 bits per heavy atom. The van der Waals surface area contributed by atoms with Gasteiger partial charge in [0.2, 0.25) is 5.91 Å². The maximum Gasteiger partial charge on any atom is 0.270 e. The molecule has 0 saturated carbocycles. The molecule has 1 atom stereocenters. The van der Waals surface area contributed by atoms with E-state index in [0.29, 0.717) is 12.2 Å². The van der Waals surface area contributed by atoms with Crippen LogP contribution in [-0.4, -0.2) is 53.8 Å². The molecule has 2 aromatic carbocycles. The summed E-state index contributed by atoms with van der Waals surface area (Å²) in [4.78, 5) is 47.3. The van der Waals surface area contributed by atoms with Gasteiger partial charge in [-0.2, -0.15) is 11.8 Å².